The molecule has 2 aromatic rings. The Morgan fingerprint density at radius 1 is 1.33 bits per heavy atom. The van der Waals surface area contributed by atoms with Crippen molar-refractivity contribution >= 4 is 13.6 Å². The first-order chi connectivity index (χ1) is 11.8. The molecule has 0 aliphatic carbocycles. The van der Waals surface area contributed by atoms with E-state index in [9.17, 15) is 24.6 Å². The number of aliphatic hydroxyl groups excluding tert-OH is 2. The fraction of sp³-hybridized carbons (Fsp3) is 0.500. The maximum Gasteiger partial charge on any atom is 1.00 e. The molecule has 12 nitrogen and oxygen atoms in total. The van der Waals surface area contributed by atoms with Crippen molar-refractivity contribution in [3.05, 3.63) is 18.7 Å². The number of rotatable bonds is 4. The SMILES string of the molecule is O=P([O-])([O-])OC[C@H]1O[C@@H](n2cnc3c2NCn2ccnc2-3)[C@H](O)[C@@H]1O.[Na+].[Na+]. The number of phosphoric ester groups is 1. The standard InChI is InChI=1S/C12H16N5O7P.2Na/c18-8-6(3-23-25(20,21)22)24-12(9(8)19)17-5-14-7-10-13-1-2-16(10)4-15-11(7)17;;/h1-2,5-6,8-9,12,15,18-19H,3-4H2,(H2,20,21,22);;/q;2*+1/p-2/t6-,8-,9-,12-;;/m1../s1. The van der Waals surface area contributed by atoms with E-state index in [0.717, 1.165) is 0 Å². The Labute approximate surface area is 197 Å². The quantitative estimate of drug-likeness (QED) is 0.321. The van der Waals surface area contributed by atoms with Gasteiger partial charge in [0, 0.05) is 12.4 Å². The molecule has 2 aliphatic rings. The van der Waals surface area contributed by atoms with Gasteiger partial charge in [0.2, 0.25) is 0 Å². The van der Waals surface area contributed by atoms with Gasteiger partial charge < -0.3 is 43.7 Å². The topological polar surface area (TPSA) is 170 Å². The number of anilines is 1. The van der Waals surface area contributed by atoms with Crippen molar-refractivity contribution in [2.45, 2.75) is 31.2 Å². The van der Waals surface area contributed by atoms with Crippen molar-refractivity contribution in [2.24, 2.45) is 0 Å². The monoisotopic (exact) mass is 417 g/mol. The van der Waals surface area contributed by atoms with E-state index >= 15 is 0 Å². The molecule has 136 valence electrons. The van der Waals surface area contributed by atoms with Crippen LogP contribution in [0, 0.1) is 0 Å². The molecular weight excluding hydrogens is 403 g/mol. The Balaban J connectivity index is 0.00000131. The van der Waals surface area contributed by atoms with Crippen molar-refractivity contribution in [3.63, 3.8) is 0 Å². The molecule has 0 amide bonds. The molecule has 2 aromatic heterocycles. The second-order valence-corrected chi connectivity index (χ2v) is 6.85. The first-order valence-electron chi connectivity index (χ1n) is 7.35. The maximum absolute atomic E-state index is 10.6. The fourth-order valence-electron chi connectivity index (χ4n) is 2.97. The van der Waals surface area contributed by atoms with Crippen LogP contribution >= 0.6 is 7.82 Å². The van der Waals surface area contributed by atoms with Crippen molar-refractivity contribution in [1.29, 1.82) is 0 Å². The molecule has 15 heteroatoms. The minimum absolute atomic E-state index is 0. The van der Waals surface area contributed by atoms with E-state index in [1.165, 1.54) is 10.9 Å². The predicted octanol–water partition coefficient (Wildman–Crippen LogP) is -8.40. The van der Waals surface area contributed by atoms with Gasteiger partial charge in [-0.1, -0.05) is 0 Å². The van der Waals surface area contributed by atoms with Crippen LogP contribution in [-0.2, 0) is 20.5 Å². The molecule has 0 saturated carbocycles. The Morgan fingerprint density at radius 2 is 2.07 bits per heavy atom. The van der Waals surface area contributed by atoms with Gasteiger partial charge in [-0.3, -0.25) is 4.57 Å². The molecule has 0 aromatic carbocycles. The van der Waals surface area contributed by atoms with Crippen molar-refractivity contribution in [2.75, 3.05) is 11.9 Å². The van der Waals surface area contributed by atoms with Crippen LogP contribution in [0.15, 0.2) is 18.7 Å². The summed E-state index contributed by atoms with van der Waals surface area (Å²) in [5, 5.41) is 23.4. The second kappa shape index (κ2) is 8.92. The summed E-state index contributed by atoms with van der Waals surface area (Å²) in [5.74, 6) is 1.17. The summed E-state index contributed by atoms with van der Waals surface area (Å²) in [6.07, 6.45) is -0.183. The van der Waals surface area contributed by atoms with Crippen LogP contribution in [0.2, 0.25) is 0 Å². The number of nitrogens with zero attached hydrogens (tertiary/aromatic N) is 4. The van der Waals surface area contributed by atoms with E-state index in [1.54, 1.807) is 12.4 Å². The number of nitrogens with one attached hydrogen (secondary N) is 1. The van der Waals surface area contributed by atoms with Gasteiger partial charge in [-0.15, -0.1) is 0 Å². The van der Waals surface area contributed by atoms with Gasteiger partial charge in [-0.2, -0.15) is 0 Å². The van der Waals surface area contributed by atoms with Gasteiger partial charge in [-0.25, -0.2) is 9.97 Å². The number of ether oxygens (including phenoxy) is 1. The van der Waals surface area contributed by atoms with Crippen LogP contribution in [0.3, 0.4) is 0 Å². The zero-order valence-corrected chi connectivity index (χ0v) is 19.5. The van der Waals surface area contributed by atoms with Crippen molar-refractivity contribution in [3.8, 4) is 11.5 Å². The predicted molar refractivity (Wildman–Crippen MR) is 76.6 cm³/mol. The summed E-state index contributed by atoms with van der Waals surface area (Å²) < 4.78 is 23.5. The van der Waals surface area contributed by atoms with Crippen LogP contribution in [0.25, 0.3) is 11.5 Å². The van der Waals surface area contributed by atoms with Gasteiger partial charge in [-0.05, 0) is 0 Å². The zero-order chi connectivity index (χ0) is 17.8. The average molecular weight is 417 g/mol. The van der Waals surface area contributed by atoms with Gasteiger partial charge >= 0.3 is 59.1 Å². The third-order valence-corrected chi connectivity index (χ3v) is 4.61. The zero-order valence-electron chi connectivity index (χ0n) is 14.6. The third kappa shape index (κ3) is 4.53. The molecule has 27 heavy (non-hydrogen) atoms. The van der Waals surface area contributed by atoms with Crippen LogP contribution in [0.1, 0.15) is 6.23 Å². The molecule has 0 radical (unpaired) electrons. The summed E-state index contributed by atoms with van der Waals surface area (Å²) in [7, 11) is -5.21. The molecule has 0 bridgehead atoms. The molecule has 4 atom stereocenters. The molecule has 3 N–H and O–H groups in total. The number of hydrogen-bond acceptors (Lipinski definition) is 10. The number of imidazole rings is 2. The minimum Gasteiger partial charge on any atom is -0.790 e. The first-order valence-corrected chi connectivity index (χ1v) is 8.81. The number of hydrogen-bond donors (Lipinski definition) is 3. The van der Waals surface area contributed by atoms with E-state index < -0.39 is 39.0 Å². The third-order valence-electron chi connectivity index (χ3n) is 4.15. The van der Waals surface area contributed by atoms with E-state index in [-0.39, 0.29) is 59.1 Å². The number of phosphoric acid groups is 1. The van der Waals surface area contributed by atoms with E-state index in [0.29, 0.717) is 24.0 Å². The maximum atomic E-state index is 10.6. The Bertz CT molecular complexity index is 842. The average Bonchev–Trinajstić information content (AvgIpc) is 3.23. The van der Waals surface area contributed by atoms with Crippen LogP contribution in [0.4, 0.5) is 5.82 Å². The minimum atomic E-state index is -5.21. The fourth-order valence-corrected chi connectivity index (χ4v) is 3.30. The second-order valence-electron chi connectivity index (χ2n) is 5.69. The Morgan fingerprint density at radius 3 is 2.78 bits per heavy atom. The van der Waals surface area contributed by atoms with E-state index in [2.05, 4.69) is 19.8 Å². The van der Waals surface area contributed by atoms with E-state index in [4.69, 9.17) is 4.74 Å². The molecule has 1 fully saturated rings. The first kappa shape index (κ1) is 23.5. The molecule has 4 heterocycles. The van der Waals surface area contributed by atoms with Crippen molar-refractivity contribution < 1.29 is 92.9 Å². The number of fused-ring (bicyclic) bond motifs is 3. The Hall–Kier alpha value is 0.210. The largest absolute Gasteiger partial charge is 1.00 e. The van der Waals surface area contributed by atoms with Crippen LogP contribution < -0.4 is 74.2 Å². The summed E-state index contributed by atoms with van der Waals surface area (Å²) in [5.41, 5.74) is 0.546. The molecule has 0 unspecified atom stereocenters. The molecule has 0 spiro atoms. The Kier molecular flexibility index (Phi) is 7.76. The molecular formula is C12H14N5Na2O7P. The summed E-state index contributed by atoms with van der Waals surface area (Å²) in [6, 6.07) is 0. The molecule has 4 rings (SSSR count). The van der Waals surface area contributed by atoms with Crippen LogP contribution in [0.5, 0.6) is 0 Å². The number of aromatic nitrogens is 4. The van der Waals surface area contributed by atoms with Crippen LogP contribution in [-0.4, -0.2) is 54.2 Å². The molecule has 1 saturated heterocycles. The van der Waals surface area contributed by atoms with Crippen molar-refractivity contribution in [1.82, 2.24) is 19.1 Å². The van der Waals surface area contributed by atoms with Gasteiger partial charge in [0.15, 0.2) is 12.1 Å². The van der Waals surface area contributed by atoms with Gasteiger partial charge in [0.05, 0.1) is 27.4 Å². The van der Waals surface area contributed by atoms with Gasteiger partial charge in [0.1, 0.15) is 29.8 Å². The summed E-state index contributed by atoms with van der Waals surface area (Å²) in [6.45, 7) is -0.255. The normalized spacial score (nSPS) is 26.4. The number of aliphatic hydroxyl groups is 2. The van der Waals surface area contributed by atoms with Gasteiger partial charge in [0.25, 0.3) is 0 Å². The summed E-state index contributed by atoms with van der Waals surface area (Å²) >= 11 is 0. The smallest absolute Gasteiger partial charge is 0.790 e. The van der Waals surface area contributed by atoms with E-state index in [1.807, 2.05) is 4.57 Å². The summed E-state index contributed by atoms with van der Waals surface area (Å²) in [4.78, 5) is 29.6. The molecule has 2 aliphatic heterocycles.